The van der Waals surface area contributed by atoms with Gasteiger partial charge in [0, 0.05) is 18.7 Å². The van der Waals surface area contributed by atoms with Crippen LogP contribution < -0.4 is 5.32 Å². The molecule has 0 bridgehead atoms. The van der Waals surface area contributed by atoms with Crippen molar-refractivity contribution in [2.24, 2.45) is 0 Å². The molecule has 0 spiro atoms. The molecule has 0 radical (unpaired) electrons. The fourth-order valence-electron chi connectivity index (χ4n) is 1.55. The van der Waals surface area contributed by atoms with Crippen molar-refractivity contribution in [3.05, 3.63) is 29.8 Å². The first-order valence-electron chi connectivity index (χ1n) is 5.45. The summed E-state index contributed by atoms with van der Waals surface area (Å²) in [4.78, 5) is 0. The second kappa shape index (κ2) is 6.08. The van der Waals surface area contributed by atoms with Crippen LogP contribution in [0.2, 0.25) is 0 Å². The number of nitrogens with zero attached hydrogens (tertiary/aromatic N) is 1. The molecule has 0 saturated carbocycles. The average Bonchev–Trinajstić information content (AvgIpc) is 2.25. The molecule has 15 heavy (non-hydrogen) atoms. The predicted octanol–water partition coefficient (Wildman–Crippen LogP) is 3.53. The maximum Gasteiger partial charge on any atom is 0.0622 e. The Morgan fingerprint density at radius 3 is 2.73 bits per heavy atom. The van der Waals surface area contributed by atoms with Gasteiger partial charge in [-0.3, -0.25) is 0 Å². The Bertz CT molecular complexity index is 337. The van der Waals surface area contributed by atoms with E-state index >= 15 is 0 Å². The van der Waals surface area contributed by atoms with E-state index in [4.69, 9.17) is 5.26 Å². The minimum Gasteiger partial charge on any atom is -0.385 e. The highest BCUT2D eigenvalue weighted by atomic mass is 14.9. The Morgan fingerprint density at radius 2 is 2.07 bits per heavy atom. The number of anilines is 1. The first-order chi connectivity index (χ1) is 7.25. The van der Waals surface area contributed by atoms with Gasteiger partial charge < -0.3 is 5.32 Å². The molecule has 0 heterocycles. The van der Waals surface area contributed by atoms with Crippen molar-refractivity contribution in [2.75, 3.05) is 11.9 Å². The van der Waals surface area contributed by atoms with Gasteiger partial charge in [0.05, 0.1) is 6.07 Å². The second-order valence-corrected chi connectivity index (χ2v) is 3.93. The molecule has 0 saturated heterocycles. The van der Waals surface area contributed by atoms with E-state index in [0.29, 0.717) is 12.3 Å². The summed E-state index contributed by atoms with van der Waals surface area (Å²) in [6.07, 6.45) is 1.53. The van der Waals surface area contributed by atoms with Crippen molar-refractivity contribution in [3.8, 4) is 6.07 Å². The van der Waals surface area contributed by atoms with Gasteiger partial charge in [-0.25, -0.2) is 0 Å². The van der Waals surface area contributed by atoms with Crippen LogP contribution in [0, 0.1) is 11.3 Å². The highest BCUT2D eigenvalue weighted by molar-refractivity contribution is 5.52. The Labute approximate surface area is 91.9 Å². The molecular formula is C13H18N2. The molecule has 0 fully saturated rings. The van der Waals surface area contributed by atoms with E-state index in [2.05, 4.69) is 43.4 Å². The predicted molar refractivity (Wildman–Crippen MR) is 63.9 cm³/mol. The molecule has 0 aliphatic heterocycles. The highest BCUT2D eigenvalue weighted by Gasteiger charge is 2.04. The lowest BCUT2D eigenvalue weighted by Crippen LogP contribution is -2.04. The second-order valence-electron chi connectivity index (χ2n) is 3.93. The Kier molecular flexibility index (Phi) is 4.70. The lowest BCUT2D eigenvalue weighted by molar-refractivity contribution is 0.854. The minimum atomic E-state index is 0.532. The number of hydrogen-bond acceptors (Lipinski definition) is 2. The van der Waals surface area contributed by atoms with Gasteiger partial charge in [-0.05, 0) is 24.0 Å². The summed E-state index contributed by atoms with van der Waals surface area (Å²) in [5.41, 5.74) is 2.54. The van der Waals surface area contributed by atoms with Gasteiger partial charge in [-0.2, -0.15) is 5.26 Å². The number of para-hydroxylation sites is 1. The smallest absolute Gasteiger partial charge is 0.0622 e. The van der Waals surface area contributed by atoms with Gasteiger partial charge in [-0.15, -0.1) is 0 Å². The molecular weight excluding hydrogens is 184 g/mol. The Morgan fingerprint density at radius 1 is 1.33 bits per heavy atom. The summed E-state index contributed by atoms with van der Waals surface area (Å²) < 4.78 is 0. The SMILES string of the molecule is CC(C)c1ccccc1NCCCC#N. The molecule has 0 atom stereocenters. The summed E-state index contributed by atoms with van der Waals surface area (Å²) in [7, 11) is 0. The van der Waals surface area contributed by atoms with Crippen LogP contribution >= 0.6 is 0 Å². The van der Waals surface area contributed by atoms with E-state index in [9.17, 15) is 0 Å². The molecule has 0 aromatic heterocycles. The fraction of sp³-hybridized carbons (Fsp3) is 0.462. The zero-order valence-corrected chi connectivity index (χ0v) is 9.46. The first kappa shape index (κ1) is 11.6. The van der Waals surface area contributed by atoms with Crippen LogP contribution in [-0.4, -0.2) is 6.54 Å². The monoisotopic (exact) mass is 202 g/mol. The van der Waals surface area contributed by atoms with Crippen LogP contribution in [0.25, 0.3) is 0 Å². The van der Waals surface area contributed by atoms with Crippen molar-refractivity contribution < 1.29 is 0 Å². The maximum absolute atomic E-state index is 8.43. The summed E-state index contributed by atoms with van der Waals surface area (Å²) in [6, 6.07) is 10.5. The van der Waals surface area contributed by atoms with E-state index in [0.717, 1.165) is 13.0 Å². The van der Waals surface area contributed by atoms with Gasteiger partial charge in [0.15, 0.2) is 0 Å². The molecule has 0 amide bonds. The average molecular weight is 202 g/mol. The fourth-order valence-corrected chi connectivity index (χ4v) is 1.55. The summed E-state index contributed by atoms with van der Waals surface area (Å²) in [6.45, 7) is 5.25. The molecule has 2 nitrogen and oxygen atoms in total. The van der Waals surface area contributed by atoms with E-state index in [1.807, 2.05) is 6.07 Å². The molecule has 80 valence electrons. The van der Waals surface area contributed by atoms with Crippen molar-refractivity contribution >= 4 is 5.69 Å². The normalized spacial score (nSPS) is 10.0. The quantitative estimate of drug-likeness (QED) is 0.741. The van der Waals surface area contributed by atoms with Gasteiger partial charge in [-0.1, -0.05) is 32.0 Å². The molecule has 0 aliphatic carbocycles. The molecule has 1 aromatic carbocycles. The lowest BCUT2D eigenvalue weighted by atomic mass is 10.0. The number of hydrogen-bond donors (Lipinski definition) is 1. The van der Waals surface area contributed by atoms with Gasteiger partial charge in [0.2, 0.25) is 0 Å². The van der Waals surface area contributed by atoms with E-state index in [-0.39, 0.29) is 0 Å². The van der Waals surface area contributed by atoms with Crippen LogP contribution in [0.5, 0.6) is 0 Å². The third-order valence-electron chi connectivity index (χ3n) is 2.36. The van der Waals surface area contributed by atoms with Crippen molar-refractivity contribution in [3.63, 3.8) is 0 Å². The van der Waals surface area contributed by atoms with Gasteiger partial charge in [0.25, 0.3) is 0 Å². The topological polar surface area (TPSA) is 35.8 Å². The molecule has 0 unspecified atom stereocenters. The number of nitrogens with one attached hydrogen (secondary N) is 1. The lowest BCUT2D eigenvalue weighted by Gasteiger charge is -2.13. The molecule has 1 aromatic rings. The zero-order valence-electron chi connectivity index (χ0n) is 9.46. The summed E-state index contributed by atoms with van der Waals surface area (Å²) in [5.74, 6) is 0.532. The van der Waals surface area contributed by atoms with Crippen LogP contribution in [0.1, 0.15) is 38.2 Å². The number of rotatable bonds is 5. The third-order valence-corrected chi connectivity index (χ3v) is 2.36. The van der Waals surface area contributed by atoms with E-state index in [1.165, 1.54) is 11.3 Å². The highest BCUT2D eigenvalue weighted by Crippen LogP contribution is 2.23. The van der Waals surface area contributed by atoms with E-state index in [1.54, 1.807) is 0 Å². The van der Waals surface area contributed by atoms with Gasteiger partial charge >= 0.3 is 0 Å². The Hall–Kier alpha value is -1.49. The van der Waals surface area contributed by atoms with Crippen molar-refractivity contribution in [1.29, 1.82) is 5.26 Å². The first-order valence-corrected chi connectivity index (χ1v) is 5.45. The maximum atomic E-state index is 8.43. The largest absolute Gasteiger partial charge is 0.385 e. The van der Waals surface area contributed by atoms with Crippen molar-refractivity contribution in [1.82, 2.24) is 0 Å². The molecule has 1 N–H and O–H groups in total. The molecule has 2 heteroatoms. The summed E-state index contributed by atoms with van der Waals surface area (Å²) in [5, 5.41) is 11.8. The van der Waals surface area contributed by atoms with Crippen molar-refractivity contribution in [2.45, 2.75) is 32.6 Å². The molecule has 0 aliphatic rings. The van der Waals surface area contributed by atoms with Gasteiger partial charge in [0.1, 0.15) is 0 Å². The zero-order chi connectivity index (χ0) is 11.1. The summed E-state index contributed by atoms with van der Waals surface area (Å²) >= 11 is 0. The minimum absolute atomic E-state index is 0.532. The number of nitriles is 1. The third kappa shape index (κ3) is 3.63. The standard InChI is InChI=1S/C13H18N2/c1-11(2)12-7-3-4-8-13(12)15-10-6-5-9-14/h3-4,7-8,11,15H,5-6,10H2,1-2H3. The van der Waals surface area contributed by atoms with Crippen LogP contribution in [0.3, 0.4) is 0 Å². The number of unbranched alkanes of at least 4 members (excludes halogenated alkanes) is 1. The van der Waals surface area contributed by atoms with Crippen LogP contribution in [0.15, 0.2) is 24.3 Å². The van der Waals surface area contributed by atoms with Crippen LogP contribution in [-0.2, 0) is 0 Å². The van der Waals surface area contributed by atoms with E-state index < -0.39 is 0 Å². The molecule has 1 rings (SSSR count). The number of benzene rings is 1. The Balaban J connectivity index is 2.56. The van der Waals surface area contributed by atoms with Crippen LogP contribution in [0.4, 0.5) is 5.69 Å².